The molecule has 0 saturated carbocycles. The fourth-order valence-corrected chi connectivity index (χ4v) is 2.91. The SMILES string of the molecule is Cc1cc(C(=O)Nc2nnc(-c3ccc(S(=O)(=O)N(C)C)cc3)o2)no1. The van der Waals surface area contributed by atoms with E-state index in [1.807, 2.05) is 0 Å². The average Bonchev–Trinajstić information content (AvgIpc) is 3.24. The van der Waals surface area contributed by atoms with E-state index in [2.05, 4.69) is 20.7 Å². The molecule has 0 spiro atoms. The number of anilines is 1. The first-order valence-corrected chi connectivity index (χ1v) is 8.82. The lowest BCUT2D eigenvalue weighted by atomic mass is 10.2. The largest absolute Gasteiger partial charge is 0.403 e. The first-order valence-electron chi connectivity index (χ1n) is 7.38. The van der Waals surface area contributed by atoms with Gasteiger partial charge in [0.1, 0.15) is 5.76 Å². The minimum absolute atomic E-state index is 0.0838. The number of carbonyl (C=O) groups excluding carboxylic acids is 1. The van der Waals surface area contributed by atoms with Crippen LogP contribution in [0, 0.1) is 6.92 Å². The van der Waals surface area contributed by atoms with Crippen LogP contribution in [0.2, 0.25) is 0 Å². The Morgan fingerprint density at radius 2 is 1.85 bits per heavy atom. The molecule has 1 amide bonds. The van der Waals surface area contributed by atoms with Gasteiger partial charge in [0.2, 0.25) is 15.9 Å². The van der Waals surface area contributed by atoms with Crippen LogP contribution in [0.1, 0.15) is 16.2 Å². The summed E-state index contributed by atoms with van der Waals surface area (Å²) in [7, 11) is -0.619. The normalized spacial score (nSPS) is 11.7. The Morgan fingerprint density at radius 3 is 2.42 bits per heavy atom. The Kier molecular flexibility index (Phi) is 4.57. The predicted molar refractivity (Wildman–Crippen MR) is 89.8 cm³/mol. The van der Waals surface area contributed by atoms with E-state index >= 15 is 0 Å². The van der Waals surface area contributed by atoms with Gasteiger partial charge in [-0.05, 0) is 31.2 Å². The van der Waals surface area contributed by atoms with Crippen LogP contribution in [-0.4, -0.2) is 48.1 Å². The molecule has 2 aromatic heterocycles. The highest BCUT2D eigenvalue weighted by atomic mass is 32.2. The lowest BCUT2D eigenvalue weighted by Crippen LogP contribution is -2.22. The molecule has 0 aliphatic rings. The van der Waals surface area contributed by atoms with Gasteiger partial charge >= 0.3 is 6.01 Å². The Morgan fingerprint density at radius 1 is 1.15 bits per heavy atom. The third-order valence-electron chi connectivity index (χ3n) is 3.39. The highest BCUT2D eigenvalue weighted by molar-refractivity contribution is 7.89. The van der Waals surface area contributed by atoms with E-state index in [0.29, 0.717) is 11.3 Å². The maximum Gasteiger partial charge on any atom is 0.322 e. The van der Waals surface area contributed by atoms with Gasteiger partial charge in [-0.3, -0.25) is 10.1 Å². The van der Waals surface area contributed by atoms with Gasteiger partial charge in [0.25, 0.3) is 5.91 Å². The molecular weight excluding hydrogens is 362 g/mol. The minimum Gasteiger partial charge on any atom is -0.403 e. The lowest BCUT2D eigenvalue weighted by Gasteiger charge is -2.11. The number of carbonyl (C=O) groups is 1. The topological polar surface area (TPSA) is 131 Å². The van der Waals surface area contributed by atoms with Crippen LogP contribution >= 0.6 is 0 Å². The monoisotopic (exact) mass is 377 g/mol. The van der Waals surface area contributed by atoms with E-state index in [1.165, 1.54) is 44.4 Å². The van der Waals surface area contributed by atoms with Crippen molar-refractivity contribution in [1.82, 2.24) is 19.7 Å². The van der Waals surface area contributed by atoms with E-state index in [4.69, 9.17) is 8.94 Å². The zero-order valence-corrected chi connectivity index (χ0v) is 14.9. The van der Waals surface area contributed by atoms with E-state index in [9.17, 15) is 13.2 Å². The summed E-state index contributed by atoms with van der Waals surface area (Å²) < 4.78 is 35.4. The van der Waals surface area contributed by atoms with E-state index in [0.717, 1.165) is 4.31 Å². The van der Waals surface area contributed by atoms with E-state index < -0.39 is 15.9 Å². The number of nitrogens with one attached hydrogen (secondary N) is 1. The summed E-state index contributed by atoms with van der Waals surface area (Å²) >= 11 is 0. The van der Waals surface area contributed by atoms with E-state index in [1.54, 1.807) is 6.92 Å². The van der Waals surface area contributed by atoms with Crippen LogP contribution in [-0.2, 0) is 10.0 Å². The number of sulfonamides is 1. The second-order valence-corrected chi connectivity index (χ2v) is 7.65. The summed E-state index contributed by atoms with van der Waals surface area (Å²) in [6, 6.07) is 7.30. The third-order valence-corrected chi connectivity index (χ3v) is 5.22. The van der Waals surface area contributed by atoms with Crippen LogP contribution in [0.25, 0.3) is 11.5 Å². The van der Waals surface area contributed by atoms with Crippen LogP contribution in [0.5, 0.6) is 0 Å². The zero-order chi connectivity index (χ0) is 18.9. The summed E-state index contributed by atoms with van der Waals surface area (Å²) in [5, 5.41) is 13.6. The Hall–Kier alpha value is -3.05. The van der Waals surface area contributed by atoms with Crippen LogP contribution in [0.15, 0.2) is 44.2 Å². The first-order chi connectivity index (χ1) is 12.3. The molecule has 0 fully saturated rings. The van der Waals surface area contributed by atoms with Gasteiger partial charge in [0.15, 0.2) is 5.69 Å². The summed E-state index contributed by atoms with van der Waals surface area (Å²) in [5.74, 6) is 0.0732. The molecule has 0 aliphatic carbocycles. The molecule has 1 aromatic carbocycles. The fraction of sp³-hybridized carbons (Fsp3) is 0.200. The van der Waals surface area contributed by atoms with Gasteiger partial charge in [0.05, 0.1) is 4.90 Å². The average molecular weight is 377 g/mol. The molecule has 0 unspecified atom stereocenters. The lowest BCUT2D eigenvalue weighted by molar-refractivity contribution is 0.101. The predicted octanol–water partition coefficient (Wildman–Crippen LogP) is 1.54. The van der Waals surface area contributed by atoms with Crippen molar-refractivity contribution in [3.8, 4) is 11.5 Å². The molecule has 0 atom stereocenters. The molecule has 3 aromatic rings. The van der Waals surface area contributed by atoms with Crippen LogP contribution < -0.4 is 5.32 Å². The van der Waals surface area contributed by atoms with Crippen molar-refractivity contribution in [2.24, 2.45) is 0 Å². The van der Waals surface area contributed by atoms with Crippen molar-refractivity contribution >= 4 is 21.9 Å². The molecule has 136 valence electrons. The summed E-state index contributed by atoms with van der Waals surface area (Å²) in [5.41, 5.74) is 0.591. The smallest absolute Gasteiger partial charge is 0.322 e. The molecule has 0 aliphatic heterocycles. The number of aryl methyl sites for hydroxylation is 1. The maximum absolute atomic E-state index is 12.1. The number of rotatable bonds is 5. The summed E-state index contributed by atoms with van der Waals surface area (Å²) in [6.07, 6.45) is 0. The molecular formula is C15H15N5O5S. The summed E-state index contributed by atoms with van der Waals surface area (Å²) in [4.78, 5) is 12.1. The van der Waals surface area contributed by atoms with Crippen molar-refractivity contribution in [2.75, 3.05) is 19.4 Å². The number of nitrogens with zero attached hydrogens (tertiary/aromatic N) is 4. The molecule has 1 N–H and O–H groups in total. The van der Waals surface area contributed by atoms with Gasteiger partial charge < -0.3 is 8.94 Å². The molecule has 0 saturated heterocycles. The van der Waals surface area contributed by atoms with Gasteiger partial charge in [0, 0.05) is 25.7 Å². The number of hydrogen-bond acceptors (Lipinski definition) is 8. The van der Waals surface area contributed by atoms with Crippen molar-refractivity contribution in [3.63, 3.8) is 0 Å². The Bertz CT molecular complexity index is 1040. The Balaban J connectivity index is 1.76. The molecule has 0 radical (unpaired) electrons. The fourth-order valence-electron chi connectivity index (χ4n) is 2.01. The second kappa shape index (κ2) is 6.69. The zero-order valence-electron chi connectivity index (χ0n) is 14.1. The van der Waals surface area contributed by atoms with Crippen molar-refractivity contribution in [3.05, 3.63) is 41.8 Å². The second-order valence-electron chi connectivity index (χ2n) is 5.50. The highest BCUT2D eigenvalue weighted by Gasteiger charge is 2.18. The number of amides is 1. The minimum atomic E-state index is -3.52. The third kappa shape index (κ3) is 3.48. The molecule has 11 heteroatoms. The van der Waals surface area contributed by atoms with Gasteiger partial charge in [-0.2, -0.15) is 0 Å². The van der Waals surface area contributed by atoms with Crippen LogP contribution in [0.4, 0.5) is 6.01 Å². The molecule has 3 rings (SSSR count). The molecule has 0 bridgehead atoms. The summed E-state index contributed by atoms with van der Waals surface area (Å²) in [6.45, 7) is 1.66. The first kappa shape index (κ1) is 17.8. The maximum atomic E-state index is 12.1. The van der Waals surface area contributed by atoms with Gasteiger partial charge in [-0.25, -0.2) is 12.7 Å². The number of aromatic nitrogens is 3. The van der Waals surface area contributed by atoms with Gasteiger partial charge in [-0.1, -0.05) is 10.3 Å². The van der Waals surface area contributed by atoms with Gasteiger partial charge in [-0.15, -0.1) is 5.10 Å². The van der Waals surface area contributed by atoms with E-state index in [-0.39, 0.29) is 22.5 Å². The molecule has 2 heterocycles. The standard InChI is InChI=1S/C15H15N5O5S/c1-9-8-12(19-25-9)13(21)16-15-18-17-14(24-15)10-4-6-11(7-5-10)26(22,23)20(2)3/h4-8H,1-3H3,(H,16,18,21). The number of benzene rings is 1. The molecule has 10 nitrogen and oxygen atoms in total. The quantitative estimate of drug-likeness (QED) is 0.708. The van der Waals surface area contributed by atoms with Crippen LogP contribution in [0.3, 0.4) is 0 Å². The number of hydrogen-bond donors (Lipinski definition) is 1. The highest BCUT2D eigenvalue weighted by Crippen LogP contribution is 2.22. The Labute approximate surface area is 148 Å². The van der Waals surface area contributed by atoms with Crippen molar-refractivity contribution < 1.29 is 22.2 Å². The van der Waals surface area contributed by atoms with Crippen molar-refractivity contribution in [1.29, 1.82) is 0 Å². The molecule has 26 heavy (non-hydrogen) atoms. The van der Waals surface area contributed by atoms with Crippen molar-refractivity contribution in [2.45, 2.75) is 11.8 Å².